The number of amides is 1. The van der Waals surface area contributed by atoms with E-state index in [1.165, 1.54) is 11.3 Å². The molecular formula is C16H12N2O2S2. The first-order valence-corrected chi connectivity index (χ1v) is 7.80. The highest BCUT2D eigenvalue weighted by Crippen LogP contribution is 2.29. The van der Waals surface area contributed by atoms with Crippen LogP contribution < -0.4 is 10.6 Å². The summed E-state index contributed by atoms with van der Waals surface area (Å²) in [7, 11) is 0. The molecular weight excluding hydrogens is 316 g/mol. The number of carbonyl (C=O) groups excluding carboxylic acids is 1. The maximum atomic E-state index is 12.0. The molecule has 6 heteroatoms. The average Bonchev–Trinajstić information content (AvgIpc) is 3.02. The predicted molar refractivity (Wildman–Crippen MR) is 93.6 cm³/mol. The summed E-state index contributed by atoms with van der Waals surface area (Å²) in [6.07, 6.45) is 0. The summed E-state index contributed by atoms with van der Waals surface area (Å²) < 4.78 is 0. The van der Waals surface area contributed by atoms with E-state index in [1.807, 2.05) is 35.7 Å². The lowest BCUT2D eigenvalue weighted by atomic mass is 10.1. The molecule has 1 aromatic heterocycles. The van der Waals surface area contributed by atoms with Gasteiger partial charge in [0, 0.05) is 16.5 Å². The third kappa shape index (κ3) is 2.93. The normalized spacial score (nSPS) is 10.4. The van der Waals surface area contributed by atoms with Gasteiger partial charge in [-0.15, -0.1) is 11.3 Å². The highest BCUT2D eigenvalue weighted by Gasteiger charge is 2.10. The van der Waals surface area contributed by atoms with Crippen LogP contribution in [0.3, 0.4) is 0 Å². The van der Waals surface area contributed by atoms with Crippen LogP contribution in [-0.4, -0.2) is 16.1 Å². The molecule has 1 amide bonds. The number of hydrogen-bond donors (Lipinski definition) is 3. The number of phenols is 1. The largest absolute Gasteiger partial charge is 0.507 e. The minimum atomic E-state index is -0.240. The molecule has 0 spiro atoms. The molecule has 110 valence electrons. The molecule has 3 N–H and O–H groups in total. The fraction of sp³-hybridized carbons (Fsp3) is 0. The molecule has 0 saturated carbocycles. The summed E-state index contributed by atoms with van der Waals surface area (Å²) in [6, 6.07) is 14.3. The van der Waals surface area contributed by atoms with Crippen molar-refractivity contribution < 1.29 is 9.90 Å². The topological polar surface area (TPSA) is 61.4 Å². The lowest BCUT2D eigenvalue weighted by molar-refractivity contribution is 0.0981. The minimum absolute atomic E-state index is 0.203. The summed E-state index contributed by atoms with van der Waals surface area (Å²) in [5.41, 5.74) is 0.727. The first-order valence-electron chi connectivity index (χ1n) is 6.52. The van der Waals surface area contributed by atoms with E-state index < -0.39 is 0 Å². The molecule has 0 radical (unpaired) electrons. The summed E-state index contributed by atoms with van der Waals surface area (Å²) in [5.74, 6) is -0.0368. The molecule has 0 aliphatic carbocycles. The number of fused-ring (bicyclic) bond motifs is 1. The van der Waals surface area contributed by atoms with Crippen molar-refractivity contribution in [1.82, 2.24) is 5.32 Å². The van der Waals surface area contributed by atoms with Crippen molar-refractivity contribution in [1.29, 1.82) is 0 Å². The van der Waals surface area contributed by atoms with Crippen LogP contribution in [0.25, 0.3) is 10.8 Å². The molecule has 0 unspecified atom stereocenters. The number of hydrogen-bond acceptors (Lipinski definition) is 4. The van der Waals surface area contributed by atoms with Crippen LogP contribution >= 0.6 is 23.6 Å². The summed E-state index contributed by atoms with van der Waals surface area (Å²) in [6.45, 7) is 0. The van der Waals surface area contributed by atoms with Gasteiger partial charge in [-0.1, -0.05) is 30.3 Å². The minimum Gasteiger partial charge on any atom is -0.507 e. The number of aromatic hydroxyl groups is 1. The van der Waals surface area contributed by atoms with E-state index in [1.54, 1.807) is 18.2 Å². The Balaban J connectivity index is 1.80. The molecule has 4 nitrogen and oxygen atoms in total. The zero-order valence-electron chi connectivity index (χ0n) is 11.4. The van der Waals surface area contributed by atoms with E-state index in [0.717, 1.165) is 16.5 Å². The number of thiophene rings is 1. The van der Waals surface area contributed by atoms with E-state index in [2.05, 4.69) is 10.6 Å². The van der Waals surface area contributed by atoms with Crippen LogP contribution in [0.4, 0.5) is 5.69 Å². The van der Waals surface area contributed by atoms with E-state index in [9.17, 15) is 9.90 Å². The van der Waals surface area contributed by atoms with Crippen LogP contribution in [0.5, 0.6) is 5.75 Å². The van der Waals surface area contributed by atoms with Gasteiger partial charge in [0.05, 0.1) is 4.88 Å². The number of phenolic OH excluding ortho intramolecular Hbond substituents is 1. The quantitative estimate of drug-likeness (QED) is 0.627. The second-order valence-electron chi connectivity index (χ2n) is 4.56. The molecule has 0 saturated heterocycles. The zero-order valence-corrected chi connectivity index (χ0v) is 13.0. The van der Waals surface area contributed by atoms with Gasteiger partial charge >= 0.3 is 0 Å². The van der Waals surface area contributed by atoms with Gasteiger partial charge in [0.2, 0.25) is 0 Å². The number of nitrogens with one attached hydrogen (secondary N) is 2. The third-order valence-corrected chi connectivity index (χ3v) is 4.19. The fourth-order valence-electron chi connectivity index (χ4n) is 2.13. The second kappa shape index (κ2) is 6.13. The molecule has 0 bridgehead atoms. The van der Waals surface area contributed by atoms with Crippen LogP contribution in [0, 0.1) is 0 Å². The molecule has 2 aromatic carbocycles. The van der Waals surface area contributed by atoms with Crippen LogP contribution in [-0.2, 0) is 0 Å². The van der Waals surface area contributed by atoms with Crippen molar-refractivity contribution >= 4 is 51.0 Å². The molecule has 0 aliphatic rings. The Hall–Kier alpha value is -2.44. The maximum absolute atomic E-state index is 12.0. The van der Waals surface area contributed by atoms with Crippen molar-refractivity contribution in [3.8, 4) is 5.75 Å². The van der Waals surface area contributed by atoms with E-state index in [0.29, 0.717) is 4.88 Å². The van der Waals surface area contributed by atoms with Crippen molar-refractivity contribution in [2.24, 2.45) is 0 Å². The molecule has 0 aliphatic heterocycles. The monoisotopic (exact) mass is 328 g/mol. The molecule has 22 heavy (non-hydrogen) atoms. The third-order valence-electron chi connectivity index (χ3n) is 3.12. The first kappa shape index (κ1) is 14.5. The smallest absolute Gasteiger partial charge is 0.267 e. The van der Waals surface area contributed by atoms with Crippen LogP contribution in [0.1, 0.15) is 9.67 Å². The van der Waals surface area contributed by atoms with Crippen molar-refractivity contribution in [3.63, 3.8) is 0 Å². The van der Waals surface area contributed by atoms with Crippen molar-refractivity contribution in [2.45, 2.75) is 0 Å². The number of carbonyl (C=O) groups is 1. The summed E-state index contributed by atoms with van der Waals surface area (Å²) in [5, 5.41) is 19.1. The number of rotatable bonds is 2. The highest BCUT2D eigenvalue weighted by atomic mass is 32.1. The van der Waals surface area contributed by atoms with Gasteiger partial charge < -0.3 is 10.4 Å². The van der Waals surface area contributed by atoms with Gasteiger partial charge in [-0.3, -0.25) is 10.1 Å². The van der Waals surface area contributed by atoms with Gasteiger partial charge in [-0.2, -0.15) is 0 Å². The van der Waals surface area contributed by atoms with Gasteiger partial charge in [0.15, 0.2) is 5.11 Å². The van der Waals surface area contributed by atoms with Gasteiger partial charge in [0.25, 0.3) is 5.91 Å². The molecule has 3 rings (SSSR count). The van der Waals surface area contributed by atoms with Crippen LogP contribution in [0.2, 0.25) is 0 Å². The Morgan fingerprint density at radius 3 is 2.59 bits per heavy atom. The standard InChI is InChI=1S/C16H12N2O2S2/c19-13-7-2-4-10-11(13)5-1-6-12(10)17-16(21)18-15(20)14-8-3-9-22-14/h1-9,19H,(H2,17,18,20,21). The molecule has 3 aromatic rings. The van der Waals surface area contributed by atoms with E-state index in [4.69, 9.17) is 12.2 Å². The maximum Gasteiger partial charge on any atom is 0.267 e. The Kier molecular flexibility index (Phi) is 4.04. The van der Waals surface area contributed by atoms with Crippen molar-refractivity contribution in [2.75, 3.05) is 5.32 Å². The van der Waals surface area contributed by atoms with Gasteiger partial charge in [0.1, 0.15) is 5.75 Å². The Morgan fingerprint density at radius 2 is 1.82 bits per heavy atom. The lowest BCUT2D eigenvalue weighted by Gasteiger charge is -2.12. The van der Waals surface area contributed by atoms with Gasteiger partial charge in [-0.05, 0) is 35.8 Å². The SMILES string of the molecule is O=C(NC(=S)Nc1cccc2c(O)cccc12)c1cccs1. The molecule has 0 atom stereocenters. The Bertz CT molecular complexity index is 844. The summed E-state index contributed by atoms with van der Waals surface area (Å²) >= 11 is 6.53. The number of thiocarbonyl (C=S) groups is 1. The second-order valence-corrected chi connectivity index (χ2v) is 5.92. The Labute approximate surface area is 136 Å². The number of anilines is 1. The average molecular weight is 328 g/mol. The molecule has 1 heterocycles. The predicted octanol–water partition coefficient (Wildman–Crippen LogP) is 3.73. The number of benzene rings is 2. The lowest BCUT2D eigenvalue weighted by Crippen LogP contribution is -2.33. The van der Waals surface area contributed by atoms with Crippen LogP contribution in [0.15, 0.2) is 53.9 Å². The zero-order chi connectivity index (χ0) is 15.5. The highest BCUT2D eigenvalue weighted by molar-refractivity contribution is 7.80. The van der Waals surface area contributed by atoms with Crippen molar-refractivity contribution in [3.05, 3.63) is 58.8 Å². The van der Waals surface area contributed by atoms with E-state index in [-0.39, 0.29) is 16.8 Å². The fourth-order valence-corrected chi connectivity index (χ4v) is 2.95. The Morgan fingerprint density at radius 1 is 1.05 bits per heavy atom. The summed E-state index contributed by atoms with van der Waals surface area (Å²) in [4.78, 5) is 12.6. The first-order chi connectivity index (χ1) is 10.6. The van der Waals surface area contributed by atoms with Gasteiger partial charge in [-0.25, -0.2) is 0 Å². The van der Waals surface area contributed by atoms with E-state index >= 15 is 0 Å². The molecule has 0 fully saturated rings.